The number of methoxy groups -OCH3 is 1. The minimum Gasteiger partial charge on any atom is -0.458 e. The Hall–Kier alpha value is -2.72. The third kappa shape index (κ3) is 7.99. The van der Waals surface area contributed by atoms with Crippen molar-refractivity contribution in [3.05, 3.63) is 36.8 Å². The Kier molecular flexibility index (Phi) is 11.6. The molecule has 2 aromatic heterocycles. The maximum atomic E-state index is 14.1. The second-order valence-electron chi connectivity index (χ2n) is 13.7. The van der Waals surface area contributed by atoms with E-state index in [2.05, 4.69) is 17.0 Å². The lowest BCUT2D eigenvalue weighted by atomic mass is 9.70. The lowest BCUT2D eigenvalue weighted by Gasteiger charge is -2.41. The molecule has 0 radical (unpaired) electrons. The Balaban J connectivity index is 1.56. The van der Waals surface area contributed by atoms with Crippen LogP contribution in [0.4, 0.5) is 0 Å². The Morgan fingerprint density at radius 2 is 1.82 bits per heavy atom. The number of Topliss-reactive ketones (excluding diaryl/α,β-unsaturated/α-hetero) is 1. The number of aryl methyl sites for hydroxylation is 1. The third-order valence-corrected chi connectivity index (χ3v) is 11.2. The average molecular weight is 642 g/mol. The van der Waals surface area contributed by atoms with Crippen LogP contribution in [0.3, 0.4) is 0 Å². The van der Waals surface area contributed by atoms with E-state index in [-0.39, 0.29) is 35.5 Å². The SMILES string of the molecule is CCC1OC(=O)C(C)CC(C)CC(C)(OC)CC(C)C(=O)C(C)C2C(SCCCn3ccc(-c4cccnc4)n3)C(=O)OC12C. The molecule has 0 aliphatic carbocycles. The Labute approximate surface area is 272 Å². The van der Waals surface area contributed by atoms with Gasteiger partial charge in [0.15, 0.2) is 5.60 Å². The van der Waals surface area contributed by atoms with Gasteiger partial charge in [0.2, 0.25) is 0 Å². The first-order valence-electron chi connectivity index (χ1n) is 16.4. The maximum absolute atomic E-state index is 14.1. The minimum absolute atomic E-state index is 0.0807. The number of nitrogens with zero attached hydrogens (tertiary/aromatic N) is 3. The van der Waals surface area contributed by atoms with Crippen LogP contribution < -0.4 is 0 Å². The first-order chi connectivity index (χ1) is 21.3. The molecule has 2 fully saturated rings. The van der Waals surface area contributed by atoms with E-state index in [1.54, 1.807) is 19.5 Å². The molecule has 0 aromatic carbocycles. The fourth-order valence-electron chi connectivity index (χ4n) is 7.60. The average Bonchev–Trinajstić information content (AvgIpc) is 3.58. The zero-order valence-electron chi connectivity index (χ0n) is 28.2. The molecular weight excluding hydrogens is 590 g/mol. The lowest BCUT2D eigenvalue weighted by molar-refractivity contribution is -0.183. The molecule has 4 heterocycles. The molecule has 45 heavy (non-hydrogen) atoms. The number of ether oxygens (including phenoxy) is 3. The first-order valence-corrected chi connectivity index (χ1v) is 17.4. The van der Waals surface area contributed by atoms with E-state index in [1.165, 1.54) is 11.8 Å². The normalized spacial score (nSPS) is 34.9. The smallest absolute Gasteiger partial charge is 0.320 e. The van der Waals surface area contributed by atoms with Gasteiger partial charge in [-0.2, -0.15) is 5.10 Å². The van der Waals surface area contributed by atoms with Crippen molar-refractivity contribution >= 4 is 29.5 Å². The molecule has 2 aromatic rings. The Bertz CT molecular complexity index is 1320. The zero-order valence-corrected chi connectivity index (χ0v) is 29.0. The van der Waals surface area contributed by atoms with Crippen molar-refractivity contribution in [2.24, 2.45) is 29.6 Å². The molecule has 0 bridgehead atoms. The van der Waals surface area contributed by atoms with Crippen molar-refractivity contribution in [1.82, 2.24) is 14.8 Å². The van der Waals surface area contributed by atoms with Gasteiger partial charge < -0.3 is 14.2 Å². The van der Waals surface area contributed by atoms with Crippen LogP contribution in [0.15, 0.2) is 36.8 Å². The number of aromatic nitrogens is 3. The summed E-state index contributed by atoms with van der Waals surface area (Å²) in [4.78, 5) is 45.3. The van der Waals surface area contributed by atoms with Crippen LogP contribution in [-0.2, 0) is 35.1 Å². The van der Waals surface area contributed by atoms with Crippen molar-refractivity contribution in [3.63, 3.8) is 0 Å². The molecule has 9 atom stereocenters. The summed E-state index contributed by atoms with van der Waals surface area (Å²) in [7, 11) is 1.69. The van der Waals surface area contributed by atoms with Crippen molar-refractivity contribution in [2.45, 2.75) is 110 Å². The highest BCUT2D eigenvalue weighted by atomic mass is 32.2. The maximum Gasteiger partial charge on any atom is 0.320 e. The van der Waals surface area contributed by atoms with Gasteiger partial charge in [-0.15, -0.1) is 11.8 Å². The van der Waals surface area contributed by atoms with Gasteiger partial charge in [-0.25, -0.2) is 0 Å². The van der Waals surface area contributed by atoms with Crippen molar-refractivity contribution in [1.29, 1.82) is 0 Å². The van der Waals surface area contributed by atoms with Crippen LogP contribution in [0.25, 0.3) is 11.3 Å². The highest BCUT2D eigenvalue weighted by Crippen LogP contribution is 2.48. The van der Waals surface area contributed by atoms with Gasteiger partial charge in [0, 0.05) is 55.6 Å². The van der Waals surface area contributed by atoms with Crippen molar-refractivity contribution in [3.8, 4) is 11.3 Å². The number of pyridine rings is 1. The topological polar surface area (TPSA) is 110 Å². The Morgan fingerprint density at radius 3 is 2.49 bits per heavy atom. The number of thioether (sulfide) groups is 1. The molecule has 0 amide bonds. The second-order valence-corrected chi connectivity index (χ2v) is 15.0. The van der Waals surface area contributed by atoms with E-state index < -0.39 is 34.4 Å². The number of fused-ring (bicyclic) bond motifs is 1. The quantitative estimate of drug-likeness (QED) is 0.239. The molecule has 2 saturated heterocycles. The first kappa shape index (κ1) is 35.1. The summed E-state index contributed by atoms with van der Waals surface area (Å²) in [6, 6.07) is 5.83. The van der Waals surface area contributed by atoms with Crippen LogP contribution in [0.2, 0.25) is 0 Å². The molecule has 9 unspecified atom stereocenters. The van der Waals surface area contributed by atoms with Gasteiger partial charge in [0.1, 0.15) is 17.1 Å². The summed E-state index contributed by atoms with van der Waals surface area (Å²) < 4.78 is 20.2. The molecule has 9 nitrogen and oxygen atoms in total. The predicted octanol–water partition coefficient (Wildman–Crippen LogP) is 6.39. The standard InChI is InChI=1S/C35H51N3O6S/c1-9-28-35(7)29(25(5)30(39)24(4)20-34(6,42-8)19-22(2)18-23(3)32(40)43-28)31(33(41)44-35)45-17-11-15-38-16-13-27(37-38)26-12-10-14-36-21-26/h10,12-14,16,21-25,28-29,31H,9,11,15,17-20H2,1-8H3. The number of carbonyl (C=O) groups excluding carboxylic acids is 3. The fourth-order valence-corrected chi connectivity index (χ4v) is 9.05. The molecule has 2 aliphatic heterocycles. The number of carbonyl (C=O) groups is 3. The molecule has 10 heteroatoms. The summed E-state index contributed by atoms with van der Waals surface area (Å²) in [5.41, 5.74) is 0.174. The number of esters is 2. The van der Waals surface area contributed by atoms with E-state index in [0.29, 0.717) is 31.6 Å². The van der Waals surface area contributed by atoms with E-state index >= 15 is 0 Å². The highest BCUT2D eigenvalue weighted by molar-refractivity contribution is 8.00. The third-order valence-electron chi connectivity index (χ3n) is 9.88. The van der Waals surface area contributed by atoms with Gasteiger partial charge in [-0.1, -0.05) is 34.6 Å². The molecular formula is C35H51N3O6S. The largest absolute Gasteiger partial charge is 0.458 e. The van der Waals surface area contributed by atoms with Gasteiger partial charge >= 0.3 is 11.9 Å². The summed E-state index contributed by atoms with van der Waals surface area (Å²) in [5.74, 6) is -1.24. The van der Waals surface area contributed by atoms with E-state index in [4.69, 9.17) is 14.2 Å². The number of ketones is 1. The number of hydrogen-bond acceptors (Lipinski definition) is 9. The summed E-state index contributed by atoms with van der Waals surface area (Å²) in [6.07, 6.45) is 8.00. The minimum atomic E-state index is -1.13. The molecule has 0 saturated carbocycles. The summed E-state index contributed by atoms with van der Waals surface area (Å²) in [6.45, 7) is 14.4. The van der Waals surface area contributed by atoms with Gasteiger partial charge in [0.05, 0.1) is 17.2 Å². The molecule has 2 aliphatic rings. The van der Waals surface area contributed by atoms with Crippen LogP contribution >= 0.6 is 11.8 Å². The van der Waals surface area contributed by atoms with Crippen molar-refractivity contribution < 1.29 is 28.6 Å². The van der Waals surface area contributed by atoms with Crippen LogP contribution in [0, 0.1) is 29.6 Å². The predicted molar refractivity (Wildman–Crippen MR) is 175 cm³/mol. The summed E-state index contributed by atoms with van der Waals surface area (Å²) in [5, 5.41) is 4.12. The fraction of sp³-hybridized carbons (Fsp3) is 0.686. The van der Waals surface area contributed by atoms with E-state index in [1.807, 2.05) is 70.6 Å². The van der Waals surface area contributed by atoms with Gasteiger partial charge in [-0.3, -0.25) is 24.0 Å². The van der Waals surface area contributed by atoms with Crippen LogP contribution in [0.1, 0.15) is 80.6 Å². The summed E-state index contributed by atoms with van der Waals surface area (Å²) >= 11 is 1.53. The van der Waals surface area contributed by atoms with Gasteiger partial charge in [-0.05, 0) is 75.8 Å². The number of hydrogen-bond donors (Lipinski definition) is 0. The zero-order chi connectivity index (χ0) is 32.9. The van der Waals surface area contributed by atoms with Crippen LogP contribution in [-0.4, -0.2) is 67.9 Å². The number of cyclic esters (lactones) is 1. The monoisotopic (exact) mass is 641 g/mol. The highest BCUT2D eigenvalue weighted by Gasteiger charge is 2.61. The Morgan fingerprint density at radius 1 is 1.07 bits per heavy atom. The van der Waals surface area contributed by atoms with Crippen molar-refractivity contribution in [2.75, 3.05) is 12.9 Å². The molecule has 4 rings (SSSR count). The van der Waals surface area contributed by atoms with Gasteiger partial charge in [0.25, 0.3) is 0 Å². The van der Waals surface area contributed by atoms with E-state index in [0.717, 1.165) is 24.1 Å². The van der Waals surface area contributed by atoms with Crippen LogP contribution in [0.5, 0.6) is 0 Å². The number of rotatable bonds is 8. The molecule has 0 N–H and O–H groups in total. The molecule has 0 spiro atoms. The second kappa shape index (κ2) is 14.8. The lowest BCUT2D eigenvalue weighted by Crippen LogP contribution is -2.52. The van der Waals surface area contributed by atoms with E-state index in [9.17, 15) is 14.4 Å². The molecule has 248 valence electrons.